The SMILES string of the molecule is O=C(NCC1CC2(CCC2)CN1C(=O)C1CCn2c(n[nH]c2=O)C1)c1cc2ncccn2n1. The average Bonchev–Trinajstić information content (AvgIpc) is 3.51. The first-order valence-corrected chi connectivity index (χ1v) is 11.5. The summed E-state index contributed by atoms with van der Waals surface area (Å²) in [4.78, 5) is 44.3. The Balaban J connectivity index is 1.16. The number of aromatic amines is 1. The monoisotopic (exact) mass is 450 g/mol. The fourth-order valence-electron chi connectivity index (χ4n) is 5.68. The molecule has 11 heteroatoms. The van der Waals surface area contributed by atoms with E-state index < -0.39 is 0 Å². The molecule has 2 N–H and O–H groups in total. The summed E-state index contributed by atoms with van der Waals surface area (Å²) in [6.07, 6.45) is 8.86. The number of amides is 2. The maximum Gasteiger partial charge on any atom is 0.343 e. The summed E-state index contributed by atoms with van der Waals surface area (Å²) in [6.45, 7) is 1.64. The zero-order valence-corrected chi connectivity index (χ0v) is 18.2. The van der Waals surface area contributed by atoms with Crippen molar-refractivity contribution in [1.29, 1.82) is 0 Å². The number of likely N-dealkylation sites (tertiary alicyclic amines) is 1. The number of hydrogen-bond donors (Lipinski definition) is 2. The minimum absolute atomic E-state index is 0.0415. The molecule has 2 amide bonds. The van der Waals surface area contributed by atoms with Gasteiger partial charge in [-0.3, -0.25) is 14.2 Å². The molecule has 2 atom stereocenters. The van der Waals surface area contributed by atoms with Gasteiger partial charge >= 0.3 is 5.69 Å². The summed E-state index contributed by atoms with van der Waals surface area (Å²) in [5.41, 5.74) is 0.893. The van der Waals surface area contributed by atoms with Crippen molar-refractivity contribution in [2.75, 3.05) is 13.1 Å². The second kappa shape index (κ2) is 7.53. The first-order chi connectivity index (χ1) is 16.0. The molecule has 3 aromatic heterocycles. The number of carbonyl (C=O) groups is 2. The lowest BCUT2D eigenvalue weighted by molar-refractivity contribution is -0.137. The van der Waals surface area contributed by atoms with Crippen LogP contribution in [-0.4, -0.2) is 65.2 Å². The molecule has 172 valence electrons. The van der Waals surface area contributed by atoms with Gasteiger partial charge in [0.2, 0.25) is 5.91 Å². The fourth-order valence-corrected chi connectivity index (χ4v) is 5.68. The first-order valence-electron chi connectivity index (χ1n) is 11.5. The largest absolute Gasteiger partial charge is 0.349 e. The number of fused-ring (bicyclic) bond motifs is 2. The van der Waals surface area contributed by atoms with Crippen molar-refractivity contribution in [2.45, 2.75) is 51.1 Å². The molecule has 0 radical (unpaired) electrons. The number of rotatable bonds is 4. The predicted octanol–water partition coefficient (Wildman–Crippen LogP) is 0.378. The molecule has 1 saturated heterocycles. The Morgan fingerprint density at radius 3 is 2.97 bits per heavy atom. The van der Waals surface area contributed by atoms with Crippen molar-refractivity contribution < 1.29 is 9.59 Å². The summed E-state index contributed by atoms with van der Waals surface area (Å²) in [7, 11) is 0. The number of hydrogen-bond acceptors (Lipinski definition) is 6. The molecule has 0 bridgehead atoms. The van der Waals surface area contributed by atoms with Crippen molar-refractivity contribution in [3.05, 3.63) is 46.5 Å². The summed E-state index contributed by atoms with van der Waals surface area (Å²) in [5, 5.41) is 13.8. The molecule has 1 saturated carbocycles. The van der Waals surface area contributed by atoms with E-state index in [9.17, 15) is 14.4 Å². The molecule has 1 spiro atoms. The standard InChI is InChI=1S/C22H26N8O3/c31-19(16-10-17-23-6-2-7-30(17)27-16)24-12-15-11-22(4-1-5-22)13-29(15)20(32)14-3-8-28-18(9-14)25-26-21(28)33/h2,6-7,10,14-15H,1,3-5,8-9,11-13H2,(H,24,31)(H,26,33). The molecule has 3 aliphatic rings. The maximum absolute atomic E-state index is 13.6. The van der Waals surface area contributed by atoms with Crippen molar-refractivity contribution in [3.8, 4) is 0 Å². The molecule has 2 aliphatic heterocycles. The lowest BCUT2D eigenvalue weighted by Crippen LogP contribution is -2.47. The van der Waals surface area contributed by atoms with Gasteiger partial charge in [0.15, 0.2) is 11.3 Å². The Labute approximate surface area is 189 Å². The van der Waals surface area contributed by atoms with E-state index in [1.54, 1.807) is 33.6 Å². The summed E-state index contributed by atoms with van der Waals surface area (Å²) in [5.74, 6) is 0.301. The van der Waals surface area contributed by atoms with Gasteiger partial charge in [0.25, 0.3) is 5.91 Å². The normalized spacial score (nSPS) is 23.5. The number of nitrogens with one attached hydrogen (secondary N) is 2. The topological polar surface area (TPSA) is 130 Å². The molecular weight excluding hydrogens is 424 g/mol. The van der Waals surface area contributed by atoms with E-state index in [2.05, 4.69) is 25.6 Å². The van der Waals surface area contributed by atoms with E-state index in [4.69, 9.17) is 0 Å². The Hall–Kier alpha value is -3.50. The van der Waals surface area contributed by atoms with Gasteiger partial charge in [-0.15, -0.1) is 0 Å². The molecule has 11 nitrogen and oxygen atoms in total. The van der Waals surface area contributed by atoms with Crippen LogP contribution in [0, 0.1) is 11.3 Å². The van der Waals surface area contributed by atoms with Gasteiger partial charge < -0.3 is 10.2 Å². The van der Waals surface area contributed by atoms with Gasteiger partial charge in [0, 0.05) is 56.5 Å². The molecule has 5 heterocycles. The van der Waals surface area contributed by atoms with E-state index in [1.807, 2.05) is 4.90 Å². The van der Waals surface area contributed by atoms with Crippen LogP contribution < -0.4 is 11.0 Å². The minimum Gasteiger partial charge on any atom is -0.349 e. The van der Waals surface area contributed by atoms with Crippen LogP contribution in [-0.2, 0) is 17.8 Å². The Kier molecular flexibility index (Phi) is 4.59. The number of nitrogens with zero attached hydrogens (tertiary/aromatic N) is 6. The third-order valence-electron chi connectivity index (χ3n) is 7.60. The van der Waals surface area contributed by atoms with E-state index in [1.165, 1.54) is 6.42 Å². The van der Waals surface area contributed by atoms with Gasteiger partial charge in [-0.25, -0.2) is 19.4 Å². The van der Waals surface area contributed by atoms with Gasteiger partial charge in [-0.1, -0.05) is 6.42 Å². The van der Waals surface area contributed by atoms with Crippen LogP contribution in [0.1, 0.15) is 48.4 Å². The Morgan fingerprint density at radius 1 is 1.30 bits per heavy atom. The van der Waals surface area contributed by atoms with Gasteiger partial charge in [0.05, 0.1) is 0 Å². The van der Waals surface area contributed by atoms with Crippen LogP contribution in [0.3, 0.4) is 0 Å². The van der Waals surface area contributed by atoms with Crippen molar-refractivity contribution in [3.63, 3.8) is 0 Å². The second-order valence-electron chi connectivity index (χ2n) is 9.63. The van der Waals surface area contributed by atoms with Gasteiger partial charge in [-0.2, -0.15) is 10.2 Å². The lowest BCUT2D eigenvalue weighted by Gasteiger charge is -2.38. The molecule has 3 aromatic rings. The van der Waals surface area contributed by atoms with Crippen molar-refractivity contribution in [1.82, 2.24) is 39.6 Å². The highest BCUT2D eigenvalue weighted by Crippen LogP contribution is 2.50. The quantitative estimate of drug-likeness (QED) is 0.591. The zero-order valence-electron chi connectivity index (χ0n) is 18.2. The highest BCUT2D eigenvalue weighted by Gasteiger charge is 2.50. The number of aromatic nitrogens is 6. The van der Waals surface area contributed by atoms with Crippen LogP contribution in [0.15, 0.2) is 29.3 Å². The number of H-pyrrole nitrogens is 1. The van der Waals surface area contributed by atoms with Crippen LogP contribution in [0.5, 0.6) is 0 Å². The van der Waals surface area contributed by atoms with E-state index in [-0.39, 0.29) is 34.9 Å². The van der Waals surface area contributed by atoms with E-state index in [0.29, 0.717) is 43.1 Å². The second-order valence-corrected chi connectivity index (χ2v) is 9.63. The van der Waals surface area contributed by atoms with Crippen LogP contribution in [0.2, 0.25) is 0 Å². The number of carbonyl (C=O) groups excluding carboxylic acids is 2. The van der Waals surface area contributed by atoms with Crippen LogP contribution >= 0.6 is 0 Å². The van der Waals surface area contributed by atoms with Crippen molar-refractivity contribution in [2.24, 2.45) is 11.3 Å². The smallest absolute Gasteiger partial charge is 0.343 e. The van der Waals surface area contributed by atoms with Gasteiger partial charge in [0.1, 0.15) is 5.82 Å². The third kappa shape index (κ3) is 3.42. The van der Waals surface area contributed by atoms with E-state index >= 15 is 0 Å². The lowest BCUT2D eigenvalue weighted by atomic mass is 9.67. The molecular formula is C22H26N8O3. The zero-order chi connectivity index (χ0) is 22.6. The summed E-state index contributed by atoms with van der Waals surface area (Å²) < 4.78 is 3.18. The average molecular weight is 451 g/mol. The maximum atomic E-state index is 13.6. The molecule has 33 heavy (non-hydrogen) atoms. The van der Waals surface area contributed by atoms with Gasteiger partial charge in [-0.05, 0) is 37.2 Å². The molecule has 6 rings (SSSR count). The van der Waals surface area contributed by atoms with Crippen LogP contribution in [0.25, 0.3) is 5.65 Å². The summed E-state index contributed by atoms with van der Waals surface area (Å²) in [6, 6.07) is 3.38. The molecule has 2 unspecified atom stereocenters. The van der Waals surface area contributed by atoms with E-state index in [0.717, 1.165) is 25.8 Å². The molecule has 2 fully saturated rings. The minimum atomic E-state index is -0.263. The predicted molar refractivity (Wildman–Crippen MR) is 116 cm³/mol. The fraction of sp³-hybridized carbons (Fsp3) is 0.545. The molecule has 0 aromatic carbocycles. The first kappa shape index (κ1) is 20.1. The third-order valence-corrected chi connectivity index (χ3v) is 7.60. The van der Waals surface area contributed by atoms with Crippen LogP contribution in [0.4, 0.5) is 0 Å². The highest BCUT2D eigenvalue weighted by atomic mass is 16.2. The highest BCUT2D eigenvalue weighted by molar-refractivity contribution is 5.93. The Morgan fingerprint density at radius 2 is 2.18 bits per heavy atom. The summed E-state index contributed by atoms with van der Waals surface area (Å²) >= 11 is 0. The van der Waals surface area contributed by atoms with Crippen molar-refractivity contribution >= 4 is 17.5 Å². The Bertz CT molecular complexity index is 1250. The molecule has 1 aliphatic carbocycles.